The first-order chi connectivity index (χ1) is 9.06. The SMILES string of the molecule is Cc1ccc(C(=O)O)c(NCCc2nc(C)cs2)c1. The predicted molar refractivity (Wildman–Crippen MR) is 77.2 cm³/mol. The summed E-state index contributed by atoms with van der Waals surface area (Å²) in [4.78, 5) is 15.5. The summed E-state index contributed by atoms with van der Waals surface area (Å²) in [6.45, 7) is 4.59. The highest BCUT2D eigenvalue weighted by molar-refractivity contribution is 7.09. The van der Waals surface area contributed by atoms with Crippen molar-refractivity contribution in [3.8, 4) is 0 Å². The predicted octanol–water partition coefficient (Wildman–Crippen LogP) is 3.11. The molecule has 2 rings (SSSR count). The van der Waals surface area contributed by atoms with Crippen LogP contribution in [-0.4, -0.2) is 22.6 Å². The number of nitrogens with one attached hydrogen (secondary N) is 1. The van der Waals surface area contributed by atoms with Gasteiger partial charge in [-0.05, 0) is 31.5 Å². The highest BCUT2D eigenvalue weighted by Crippen LogP contribution is 2.18. The van der Waals surface area contributed by atoms with Crippen molar-refractivity contribution >= 4 is 23.0 Å². The number of aromatic carboxylic acids is 1. The van der Waals surface area contributed by atoms with Crippen LogP contribution in [0.15, 0.2) is 23.6 Å². The molecule has 5 heteroatoms. The molecule has 2 aromatic rings. The van der Waals surface area contributed by atoms with Gasteiger partial charge in [-0.1, -0.05) is 6.07 Å². The summed E-state index contributed by atoms with van der Waals surface area (Å²) in [5, 5.41) is 15.4. The van der Waals surface area contributed by atoms with Crippen molar-refractivity contribution in [1.82, 2.24) is 4.98 Å². The second kappa shape index (κ2) is 5.84. The quantitative estimate of drug-likeness (QED) is 0.880. The average Bonchev–Trinajstić information content (AvgIpc) is 2.75. The van der Waals surface area contributed by atoms with Crippen LogP contribution in [0, 0.1) is 13.8 Å². The smallest absolute Gasteiger partial charge is 0.337 e. The fourth-order valence-electron chi connectivity index (χ4n) is 1.81. The second-order valence-electron chi connectivity index (χ2n) is 4.41. The Kier molecular flexibility index (Phi) is 4.16. The van der Waals surface area contributed by atoms with Gasteiger partial charge in [0.1, 0.15) is 0 Å². The summed E-state index contributed by atoms with van der Waals surface area (Å²) in [7, 11) is 0. The maximum Gasteiger partial charge on any atom is 0.337 e. The molecule has 0 aliphatic heterocycles. The third kappa shape index (κ3) is 3.54. The minimum atomic E-state index is -0.910. The third-order valence-electron chi connectivity index (χ3n) is 2.73. The number of aryl methyl sites for hydroxylation is 2. The third-order valence-corrected chi connectivity index (χ3v) is 3.75. The standard InChI is InChI=1S/C14H16N2O2S/c1-9-3-4-11(14(17)18)12(7-9)15-6-5-13-16-10(2)8-19-13/h3-4,7-8,15H,5-6H2,1-2H3,(H,17,18). The molecule has 0 radical (unpaired) electrons. The zero-order valence-electron chi connectivity index (χ0n) is 10.9. The fourth-order valence-corrected chi connectivity index (χ4v) is 2.59. The van der Waals surface area contributed by atoms with E-state index in [2.05, 4.69) is 10.3 Å². The molecule has 2 N–H and O–H groups in total. The molecule has 0 spiro atoms. The molecule has 4 nitrogen and oxygen atoms in total. The van der Waals surface area contributed by atoms with Crippen LogP contribution < -0.4 is 5.32 Å². The summed E-state index contributed by atoms with van der Waals surface area (Å²) >= 11 is 1.63. The Morgan fingerprint density at radius 1 is 1.42 bits per heavy atom. The molecule has 0 saturated heterocycles. The minimum absolute atomic E-state index is 0.306. The summed E-state index contributed by atoms with van der Waals surface area (Å²) in [6, 6.07) is 5.29. The van der Waals surface area contributed by atoms with Crippen LogP contribution >= 0.6 is 11.3 Å². The maximum atomic E-state index is 11.1. The van der Waals surface area contributed by atoms with Crippen molar-refractivity contribution in [3.63, 3.8) is 0 Å². The number of benzene rings is 1. The lowest BCUT2D eigenvalue weighted by atomic mass is 10.1. The van der Waals surface area contributed by atoms with Crippen LogP contribution in [0.2, 0.25) is 0 Å². The fraction of sp³-hybridized carbons (Fsp3) is 0.286. The molecule has 0 atom stereocenters. The molecule has 0 fully saturated rings. The summed E-state index contributed by atoms with van der Waals surface area (Å²) < 4.78 is 0. The van der Waals surface area contributed by atoms with Gasteiger partial charge in [0.25, 0.3) is 0 Å². The molecule has 0 aliphatic carbocycles. The van der Waals surface area contributed by atoms with E-state index in [0.29, 0.717) is 17.8 Å². The van der Waals surface area contributed by atoms with Crippen LogP contribution in [0.1, 0.15) is 26.6 Å². The van der Waals surface area contributed by atoms with Crippen molar-refractivity contribution < 1.29 is 9.90 Å². The first-order valence-corrected chi connectivity index (χ1v) is 6.93. The van der Waals surface area contributed by atoms with Gasteiger partial charge in [0.15, 0.2) is 0 Å². The zero-order valence-corrected chi connectivity index (χ0v) is 11.8. The van der Waals surface area contributed by atoms with Crippen LogP contribution in [0.25, 0.3) is 0 Å². The van der Waals surface area contributed by atoms with Crippen molar-refractivity contribution in [3.05, 3.63) is 45.4 Å². The number of carboxylic acid groups (broad SMARTS) is 1. The number of carbonyl (C=O) groups is 1. The number of rotatable bonds is 5. The molecule has 0 unspecified atom stereocenters. The van der Waals surface area contributed by atoms with Crippen molar-refractivity contribution in [2.75, 3.05) is 11.9 Å². The van der Waals surface area contributed by atoms with Crippen LogP contribution in [0.3, 0.4) is 0 Å². The molecule has 0 saturated carbocycles. The van der Waals surface area contributed by atoms with Gasteiger partial charge in [-0.3, -0.25) is 0 Å². The molecule has 0 bridgehead atoms. The van der Waals surface area contributed by atoms with Gasteiger partial charge < -0.3 is 10.4 Å². The van der Waals surface area contributed by atoms with Crippen molar-refractivity contribution in [1.29, 1.82) is 0 Å². The van der Waals surface area contributed by atoms with Crippen LogP contribution in [-0.2, 0) is 6.42 Å². The maximum absolute atomic E-state index is 11.1. The number of thiazole rings is 1. The number of hydrogen-bond donors (Lipinski definition) is 2. The van der Waals surface area contributed by atoms with Gasteiger partial charge >= 0.3 is 5.97 Å². The summed E-state index contributed by atoms with van der Waals surface area (Å²) in [6.07, 6.45) is 0.797. The Balaban J connectivity index is 2.02. The molecule has 1 aromatic heterocycles. The Morgan fingerprint density at radius 3 is 2.84 bits per heavy atom. The highest BCUT2D eigenvalue weighted by atomic mass is 32.1. The normalized spacial score (nSPS) is 10.4. The van der Waals surface area contributed by atoms with E-state index in [1.54, 1.807) is 23.5 Å². The van der Waals surface area contributed by atoms with Crippen molar-refractivity contribution in [2.24, 2.45) is 0 Å². The number of carboxylic acids is 1. The lowest BCUT2D eigenvalue weighted by Crippen LogP contribution is -2.09. The van der Waals surface area contributed by atoms with E-state index in [1.807, 2.05) is 25.3 Å². The van der Waals surface area contributed by atoms with Crippen LogP contribution in [0.4, 0.5) is 5.69 Å². The number of hydrogen-bond acceptors (Lipinski definition) is 4. The van der Waals surface area contributed by atoms with Gasteiger partial charge in [0.2, 0.25) is 0 Å². The Labute approximate surface area is 116 Å². The first-order valence-electron chi connectivity index (χ1n) is 6.05. The zero-order chi connectivity index (χ0) is 13.8. The topological polar surface area (TPSA) is 62.2 Å². The van der Waals surface area contributed by atoms with Crippen LogP contribution in [0.5, 0.6) is 0 Å². The average molecular weight is 276 g/mol. The van der Waals surface area contributed by atoms with E-state index in [1.165, 1.54) is 0 Å². The first kappa shape index (κ1) is 13.5. The molecule has 0 amide bonds. The summed E-state index contributed by atoms with van der Waals surface area (Å²) in [5.41, 5.74) is 3.04. The van der Waals surface area contributed by atoms with Gasteiger partial charge in [-0.25, -0.2) is 9.78 Å². The van der Waals surface area contributed by atoms with Crippen molar-refractivity contribution in [2.45, 2.75) is 20.3 Å². The van der Waals surface area contributed by atoms with E-state index in [0.717, 1.165) is 22.7 Å². The van der Waals surface area contributed by atoms with Gasteiger partial charge in [0, 0.05) is 29.7 Å². The van der Waals surface area contributed by atoms with E-state index in [4.69, 9.17) is 5.11 Å². The van der Waals surface area contributed by atoms with E-state index < -0.39 is 5.97 Å². The Morgan fingerprint density at radius 2 is 2.21 bits per heavy atom. The van der Waals surface area contributed by atoms with E-state index in [9.17, 15) is 4.79 Å². The van der Waals surface area contributed by atoms with E-state index in [-0.39, 0.29) is 0 Å². The summed E-state index contributed by atoms with van der Waals surface area (Å²) in [5.74, 6) is -0.910. The highest BCUT2D eigenvalue weighted by Gasteiger charge is 2.09. The molecule has 0 aliphatic rings. The lowest BCUT2D eigenvalue weighted by molar-refractivity contribution is 0.0698. The molecule has 1 heterocycles. The molecule has 100 valence electrons. The largest absolute Gasteiger partial charge is 0.478 e. The molecular formula is C14H16N2O2S. The number of nitrogens with zero attached hydrogens (tertiary/aromatic N) is 1. The van der Waals surface area contributed by atoms with Gasteiger partial charge in [-0.15, -0.1) is 11.3 Å². The van der Waals surface area contributed by atoms with Gasteiger partial charge in [0.05, 0.1) is 10.6 Å². The monoisotopic (exact) mass is 276 g/mol. The minimum Gasteiger partial charge on any atom is -0.478 e. The Hall–Kier alpha value is -1.88. The molecule has 19 heavy (non-hydrogen) atoms. The van der Waals surface area contributed by atoms with E-state index >= 15 is 0 Å². The van der Waals surface area contributed by atoms with Gasteiger partial charge in [-0.2, -0.15) is 0 Å². The number of aromatic nitrogens is 1. The lowest BCUT2D eigenvalue weighted by Gasteiger charge is -2.09. The Bertz CT molecular complexity index is 593. The second-order valence-corrected chi connectivity index (χ2v) is 5.36. The molecular weight excluding hydrogens is 260 g/mol. The number of anilines is 1. The molecule has 1 aromatic carbocycles.